The predicted octanol–water partition coefficient (Wildman–Crippen LogP) is 2.14. The number of fused-ring (bicyclic) bond motifs is 1. The number of aromatic nitrogens is 4. The minimum atomic E-state index is 0.652. The van der Waals surface area contributed by atoms with E-state index in [1.807, 2.05) is 16.5 Å². The first kappa shape index (κ1) is 10.2. The monoisotopic (exact) mass is 289 g/mol. The number of pyridine rings is 2. The molecular formula is C11H8BrN5. The Morgan fingerprint density at radius 2 is 1.94 bits per heavy atom. The van der Waals surface area contributed by atoms with Crippen molar-refractivity contribution in [2.45, 2.75) is 0 Å². The Morgan fingerprint density at radius 1 is 1.18 bits per heavy atom. The van der Waals surface area contributed by atoms with Gasteiger partial charge in [0.15, 0.2) is 11.5 Å². The van der Waals surface area contributed by atoms with Gasteiger partial charge in [0.25, 0.3) is 0 Å². The number of halogens is 1. The molecule has 0 aliphatic carbocycles. The van der Waals surface area contributed by atoms with E-state index < -0.39 is 0 Å². The summed E-state index contributed by atoms with van der Waals surface area (Å²) in [7, 11) is 0. The Bertz CT molecular complexity index is 677. The number of hydrogen-bond donors (Lipinski definition) is 1. The van der Waals surface area contributed by atoms with Crippen LogP contribution in [0.5, 0.6) is 0 Å². The Hall–Kier alpha value is -1.95. The van der Waals surface area contributed by atoms with Crippen LogP contribution in [-0.2, 0) is 0 Å². The average molecular weight is 290 g/mol. The van der Waals surface area contributed by atoms with Crippen molar-refractivity contribution in [2.75, 3.05) is 5.73 Å². The molecule has 0 aliphatic rings. The van der Waals surface area contributed by atoms with Crippen LogP contribution in [-0.4, -0.2) is 19.6 Å². The molecule has 3 heterocycles. The molecule has 5 nitrogen and oxygen atoms in total. The van der Waals surface area contributed by atoms with E-state index in [1.165, 1.54) is 0 Å². The van der Waals surface area contributed by atoms with Gasteiger partial charge in [-0.15, -0.1) is 10.2 Å². The van der Waals surface area contributed by atoms with E-state index in [-0.39, 0.29) is 0 Å². The van der Waals surface area contributed by atoms with Crippen LogP contribution < -0.4 is 5.73 Å². The fourth-order valence-corrected chi connectivity index (χ4v) is 2.21. The van der Waals surface area contributed by atoms with Gasteiger partial charge in [0, 0.05) is 29.8 Å². The van der Waals surface area contributed by atoms with Crippen LogP contribution in [0, 0.1) is 0 Å². The summed E-state index contributed by atoms with van der Waals surface area (Å²) in [5.74, 6) is 0.746. The van der Waals surface area contributed by atoms with Gasteiger partial charge < -0.3 is 5.73 Å². The molecule has 2 N–H and O–H groups in total. The third-order valence-corrected chi connectivity index (χ3v) is 3.00. The van der Waals surface area contributed by atoms with Crippen LogP contribution in [0.4, 0.5) is 5.69 Å². The van der Waals surface area contributed by atoms with Gasteiger partial charge in [-0.2, -0.15) is 0 Å². The second-order valence-electron chi connectivity index (χ2n) is 3.57. The second-order valence-corrected chi connectivity index (χ2v) is 4.43. The van der Waals surface area contributed by atoms with E-state index in [9.17, 15) is 0 Å². The van der Waals surface area contributed by atoms with Crippen molar-refractivity contribution < 1.29 is 0 Å². The zero-order chi connectivity index (χ0) is 11.8. The van der Waals surface area contributed by atoms with Crippen molar-refractivity contribution in [1.29, 1.82) is 0 Å². The Morgan fingerprint density at radius 3 is 2.71 bits per heavy atom. The van der Waals surface area contributed by atoms with Crippen molar-refractivity contribution in [1.82, 2.24) is 19.6 Å². The van der Waals surface area contributed by atoms with Crippen LogP contribution in [0.1, 0.15) is 0 Å². The van der Waals surface area contributed by atoms with Gasteiger partial charge in [-0.25, -0.2) is 0 Å². The van der Waals surface area contributed by atoms with Gasteiger partial charge in [-0.3, -0.25) is 9.38 Å². The first-order valence-electron chi connectivity index (χ1n) is 4.96. The third kappa shape index (κ3) is 1.66. The lowest BCUT2D eigenvalue weighted by molar-refractivity contribution is 1.11. The maximum Gasteiger partial charge on any atom is 0.175 e. The minimum absolute atomic E-state index is 0.652. The number of nitrogen functional groups attached to an aromatic ring is 1. The molecule has 3 aromatic heterocycles. The molecule has 0 saturated carbocycles. The van der Waals surface area contributed by atoms with E-state index in [2.05, 4.69) is 31.1 Å². The summed E-state index contributed by atoms with van der Waals surface area (Å²) >= 11 is 3.42. The molecule has 0 unspecified atom stereocenters. The molecular weight excluding hydrogens is 282 g/mol. The number of anilines is 1. The van der Waals surface area contributed by atoms with E-state index >= 15 is 0 Å². The normalized spacial score (nSPS) is 10.9. The Balaban J connectivity index is 2.32. The first-order valence-corrected chi connectivity index (χ1v) is 5.75. The number of rotatable bonds is 1. The maximum atomic E-state index is 5.81. The molecule has 0 bridgehead atoms. The maximum absolute atomic E-state index is 5.81. The second kappa shape index (κ2) is 3.81. The lowest BCUT2D eigenvalue weighted by Crippen LogP contribution is -1.94. The molecule has 84 valence electrons. The van der Waals surface area contributed by atoms with Crippen molar-refractivity contribution in [3.63, 3.8) is 0 Å². The molecule has 0 spiro atoms. The number of hydrogen-bond acceptors (Lipinski definition) is 4. The molecule has 0 fully saturated rings. The van der Waals surface area contributed by atoms with Crippen molar-refractivity contribution >= 4 is 27.3 Å². The highest BCUT2D eigenvalue weighted by atomic mass is 79.9. The van der Waals surface area contributed by atoms with E-state index in [1.54, 1.807) is 24.7 Å². The summed E-state index contributed by atoms with van der Waals surface area (Å²) in [5, 5.41) is 8.29. The lowest BCUT2D eigenvalue weighted by atomic mass is 10.2. The van der Waals surface area contributed by atoms with Gasteiger partial charge in [0.05, 0.1) is 4.47 Å². The molecule has 0 aliphatic heterocycles. The highest BCUT2D eigenvalue weighted by Gasteiger charge is 2.10. The molecule has 0 radical (unpaired) electrons. The molecule has 3 rings (SSSR count). The summed E-state index contributed by atoms with van der Waals surface area (Å²) in [5.41, 5.74) is 8.16. The van der Waals surface area contributed by atoms with Crippen LogP contribution in [0.3, 0.4) is 0 Å². The number of nitrogens with zero attached hydrogens (tertiary/aromatic N) is 4. The Kier molecular flexibility index (Phi) is 2.29. The standard InChI is InChI=1S/C11H8BrN5/c12-9-5-8(13)6-17-10(15-16-11(9)17)7-1-3-14-4-2-7/h1-6H,13H2. The summed E-state index contributed by atoms with van der Waals surface area (Å²) in [6.07, 6.45) is 5.24. The minimum Gasteiger partial charge on any atom is -0.397 e. The smallest absolute Gasteiger partial charge is 0.175 e. The molecule has 0 saturated heterocycles. The van der Waals surface area contributed by atoms with Crippen LogP contribution in [0.15, 0.2) is 41.3 Å². The van der Waals surface area contributed by atoms with E-state index in [4.69, 9.17) is 5.73 Å². The van der Waals surface area contributed by atoms with E-state index in [0.29, 0.717) is 5.69 Å². The van der Waals surface area contributed by atoms with Crippen LogP contribution in [0.25, 0.3) is 17.0 Å². The highest BCUT2D eigenvalue weighted by molar-refractivity contribution is 9.10. The quantitative estimate of drug-likeness (QED) is 0.745. The predicted molar refractivity (Wildman–Crippen MR) is 68.3 cm³/mol. The first-order chi connectivity index (χ1) is 8.25. The number of nitrogens with two attached hydrogens (primary N) is 1. The largest absolute Gasteiger partial charge is 0.397 e. The summed E-state index contributed by atoms with van der Waals surface area (Å²) < 4.78 is 2.68. The van der Waals surface area contributed by atoms with Crippen molar-refractivity contribution in [3.8, 4) is 11.4 Å². The topological polar surface area (TPSA) is 69.1 Å². The van der Waals surface area contributed by atoms with Gasteiger partial charge in [-0.05, 0) is 34.1 Å². The fraction of sp³-hybridized carbons (Fsp3) is 0. The molecule has 0 atom stereocenters. The molecule has 0 amide bonds. The van der Waals surface area contributed by atoms with Gasteiger partial charge in [-0.1, -0.05) is 0 Å². The third-order valence-electron chi connectivity index (χ3n) is 2.42. The molecule has 6 heteroatoms. The fourth-order valence-electron chi connectivity index (χ4n) is 1.67. The summed E-state index contributed by atoms with van der Waals surface area (Å²) in [6, 6.07) is 5.57. The SMILES string of the molecule is Nc1cc(Br)c2nnc(-c3ccncc3)n2c1. The van der Waals surface area contributed by atoms with Gasteiger partial charge in [0.1, 0.15) is 0 Å². The molecule has 3 aromatic rings. The van der Waals surface area contributed by atoms with Gasteiger partial charge >= 0.3 is 0 Å². The molecule has 0 aromatic carbocycles. The van der Waals surface area contributed by atoms with Crippen LogP contribution in [0.2, 0.25) is 0 Å². The van der Waals surface area contributed by atoms with E-state index in [0.717, 1.165) is 21.5 Å². The van der Waals surface area contributed by atoms with Crippen LogP contribution >= 0.6 is 15.9 Å². The Labute approximate surface area is 105 Å². The van der Waals surface area contributed by atoms with Gasteiger partial charge in [0.2, 0.25) is 0 Å². The highest BCUT2D eigenvalue weighted by Crippen LogP contribution is 2.24. The lowest BCUT2D eigenvalue weighted by Gasteiger charge is -2.02. The molecule has 17 heavy (non-hydrogen) atoms. The summed E-state index contributed by atoms with van der Waals surface area (Å²) in [4.78, 5) is 3.98. The average Bonchev–Trinajstić information content (AvgIpc) is 2.74. The summed E-state index contributed by atoms with van der Waals surface area (Å²) in [6.45, 7) is 0. The zero-order valence-electron chi connectivity index (χ0n) is 8.71. The van der Waals surface area contributed by atoms with Crippen molar-refractivity contribution in [2.24, 2.45) is 0 Å². The zero-order valence-corrected chi connectivity index (χ0v) is 10.3. The van der Waals surface area contributed by atoms with Crippen molar-refractivity contribution in [3.05, 3.63) is 41.3 Å².